The number of amides is 1. The first-order chi connectivity index (χ1) is 16.3. The van der Waals surface area contributed by atoms with Crippen molar-refractivity contribution in [2.75, 3.05) is 30.8 Å². The highest BCUT2D eigenvalue weighted by atomic mass is 16.3. The molecule has 1 aliphatic heterocycles. The van der Waals surface area contributed by atoms with Crippen LogP contribution < -0.4 is 16.4 Å². The maximum Gasteiger partial charge on any atom is 0.271 e. The highest BCUT2D eigenvalue weighted by molar-refractivity contribution is 5.96. The zero-order valence-electron chi connectivity index (χ0n) is 20.6. The summed E-state index contributed by atoms with van der Waals surface area (Å²) < 4.78 is 0. The normalized spacial score (nSPS) is 21.9. The summed E-state index contributed by atoms with van der Waals surface area (Å²) in [6, 6.07) is 6.55. The summed E-state index contributed by atoms with van der Waals surface area (Å²) in [5.41, 5.74) is 10.1. The van der Waals surface area contributed by atoms with Gasteiger partial charge in [-0.15, -0.1) is 0 Å². The minimum atomic E-state index is -0.598. The number of nitrogens with two attached hydrogens (primary N) is 1. The Hall–Kier alpha value is -2.71. The van der Waals surface area contributed by atoms with Gasteiger partial charge in [-0.25, -0.2) is 9.97 Å². The van der Waals surface area contributed by atoms with Crippen molar-refractivity contribution < 1.29 is 9.90 Å². The number of aliphatic hydroxyl groups excluding tert-OH is 1. The molecule has 1 amide bonds. The van der Waals surface area contributed by atoms with Crippen LogP contribution in [0.5, 0.6) is 0 Å². The molecular weight excluding hydrogens is 428 g/mol. The summed E-state index contributed by atoms with van der Waals surface area (Å²) in [6.45, 7) is 6.35. The van der Waals surface area contributed by atoms with Crippen LogP contribution in [0.2, 0.25) is 0 Å². The standard InChI is InChI=1S/C26H38N6O2/c1-4-22-25(28-18-7-9-20(33)10-8-18)31-26(23(30-22)24(27)34)29-19-6-5-16(2)21(15-19)17-11-13-32(3)14-12-17/h5-6,15,17-18,20,33H,4,7-14H2,1-3H3,(H2,27,34)(H2,28,29,31)/t18-,20-. The largest absolute Gasteiger partial charge is 0.393 e. The van der Waals surface area contributed by atoms with Crippen LogP contribution in [0.25, 0.3) is 0 Å². The second-order valence-corrected chi connectivity index (χ2v) is 9.86. The maximum absolute atomic E-state index is 12.2. The number of benzene rings is 1. The molecule has 0 unspecified atom stereocenters. The number of rotatable bonds is 7. The van der Waals surface area contributed by atoms with Gasteiger partial charge in [0, 0.05) is 11.7 Å². The predicted molar refractivity (Wildman–Crippen MR) is 136 cm³/mol. The Balaban J connectivity index is 1.61. The third-order valence-corrected chi connectivity index (χ3v) is 7.27. The number of aliphatic hydroxyl groups is 1. The molecule has 0 bridgehead atoms. The first-order valence-electron chi connectivity index (χ1n) is 12.6. The number of nitrogens with one attached hydrogen (secondary N) is 2. The Bertz CT molecular complexity index is 1010. The average molecular weight is 467 g/mol. The molecular formula is C26H38N6O2. The van der Waals surface area contributed by atoms with E-state index in [0.717, 1.165) is 63.0 Å². The molecule has 5 N–H and O–H groups in total. The number of carbonyl (C=O) groups excluding carboxylic acids is 1. The fourth-order valence-corrected chi connectivity index (χ4v) is 5.12. The van der Waals surface area contributed by atoms with Crippen LogP contribution in [0.1, 0.15) is 78.7 Å². The minimum Gasteiger partial charge on any atom is -0.393 e. The Kier molecular flexibility index (Phi) is 7.68. The SMILES string of the molecule is CCc1nc(C(N)=O)c(Nc2ccc(C)c(C3CCN(C)CC3)c2)nc1N[C@H]1CC[C@H](O)CC1. The van der Waals surface area contributed by atoms with Crippen molar-refractivity contribution in [3.05, 3.63) is 40.7 Å². The number of hydrogen-bond acceptors (Lipinski definition) is 7. The molecule has 1 aromatic heterocycles. The highest BCUT2D eigenvalue weighted by Gasteiger charge is 2.24. The van der Waals surface area contributed by atoms with E-state index in [1.54, 1.807) is 0 Å². The van der Waals surface area contributed by atoms with E-state index in [4.69, 9.17) is 10.7 Å². The molecule has 8 nitrogen and oxygen atoms in total. The van der Waals surface area contributed by atoms with Crippen LogP contribution in [0.4, 0.5) is 17.3 Å². The molecule has 1 saturated carbocycles. The van der Waals surface area contributed by atoms with Gasteiger partial charge in [0.2, 0.25) is 0 Å². The monoisotopic (exact) mass is 466 g/mol. The molecule has 4 rings (SSSR count). The van der Waals surface area contributed by atoms with E-state index >= 15 is 0 Å². The van der Waals surface area contributed by atoms with Crippen molar-refractivity contribution in [3.63, 3.8) is 0 Å². The molecule has 2 aromatic rings. The smallest absolute Gasteiger partial charge is 0.271 e. The van der Waals surface area contributed by atoms with Crippen LogP contribution in [0.3, 0.4) is 0 Å². The van der Waals surface area contributed by atoms with E-state index in [9.17, 15) is 9.90 Å². The maximum atomic E-state index is 12.2. The Labute approximate surface area is 202 Å². The van der Waals surface area contributed by atoms with Crippen LogP contribution in [0.15, 0.2) is 18.2 Å². The van der Waals surface area contributed by atoms with Crippen molar-refractivity contribution in [1.29, 1.82) is 0 Å². The molecule has 0 atom stereocenters. The van der Waals surface area contributed by atoms with Crippen molar-refractivity contribution >= 4 is 23.2 Å². The Morgan fingerprint density at radius 1 is 1.12 bits per heavy atom. The zero-order chi connectivity index (χ0) is 24.2. The summed E-state index contributed by atoms with van der Waals surface area (Å²) in [5, 5.41) is 16.7. The molecule has 2 aliphatic rings. The van der Waals surface area contributed by atoms with Gasteiger partial charge < -0.3 is 26.4 Å². The van der Waals surface area contributed by atoms with Crippen molar-refractivity contribution in [1.82, 2.24) is 14.9 Å². The lowest BCUT2D eigenvalue weighted by atomic mass is 9.86. The summed E-state index contributed by atoms with van der Waals surface area (Å²) in [5.74, 6) is 0.987. The first kappa shape index (κ1) is 24.4. The molecule has 2 heterocycles. The second kappa shape index (κ2) is 10.7. The van der Waals surface area contributed by atoms with Gasteiger partial charge in [-0.3, -0.25) is 4.79 Å². The van der Waals surface area contributed by atoms with Gasteiger partial charge in [0.1, 0.15) is 5.82 Å². The first-order valence-corrected chi connectivity index (χ1v) is 12.6. The van der Waals surface area contributed by atoms with Gasteiger partial charge in [0.05, 0.1) is 11.8 Å². The van der Waals surface area contributed by atoms with E-state index in [-0.39, 0.29) is 17.8 Å². The lowest BCUT2D eigenvalue weighted by molar-refractivity contribution is 0.0996. The summed E-state index contributed by atoms with van der Waals surface area (Å²) in [6.07, 6.45) is 6.01. The molecule has 34 heavy (non-hydrogen) atoms. The Morgan fingerprint density at radius 3 is 2.47 bits per heavy atom. The van der Waals surface area contributed by atoms with Crippen molar-refractivity contribution in [2.24, 2.45) is 5.73 Å². The number of piperidine rings is 1. The van der Waals surface area contributed by atoms with Crippen LogP contribution in [-0.2, 0) is 6.42 Å². The highest BCUT2D eigenvalue weighted by Crippen LogP contribution is 2.33. The summed E-state index contributed by atoms with van der Waals surface area (Å²) in [4.78, 5) is 24.0. The fourth-order valence-electron chi connectivity index (χ4n) is 5.12. The van der Waals surface area contributed by atoms with E-state index in [2.05, 4.69) is 46.6 Å². The predicted octanol–water partition coefficient (Wildman–Crippen LogP) is 3.71. The fraction of sp³-hybridized carbons (Fsp3) is 0.577. The van der Waals surface area contributed by atoms with Gasteiger partial charge in [-0.2, -0.15) is 0 Å². The van der Waals surface area contributed by atoms with E-state index in [1.165, 1.54) is 11.1 Å². The third-order valence-electron chi connectivity index (χ3n) is 7.27. The topological polar surface area (TPSA) is 116 Å². The van der Waals surface area contributed by atoms with Gasteiger partial charge in [-0.1, -0.05) is 13.0 Å². The van der Waals surface area contributed by atoms with Crippen LogP contribution in [-0.4, -0.2) is 58.2 Å². The van der Waals surface area contributed by atoms with Crippen molar-refractivity contribution in [2.45, 2.75) is 76.9 Å². The number of hydrogen-bond donors (Lipinski definition) is 4. The number of anilines is 3. The minimum absolute atomic E-state index is 0.155. The summed E-state index contributed by atoms with van der Waals surface area (Å²) in [7, 11) is 2.17. The molecule has 0 radical (unpaired) electrons. The molecule has 8 heteroatoms. The molecule has 2 fully saturated rings. The Morgan fingerprint density at radius 2 is 1.82 bits per heavy atom. The van der Waals surface area contributed by atoms with Gasteiger partial charge >= 0.3 is 0 Å². The number of aryl methyl sites for hydroxylation is 2. The van der Waals surface area contributed by atoms with Gasteiger partial charge in [0.15, 0.2) is 11.5 Å². The number of primary amides is 1. The summed E-state index contributed by atoms with van der Waals surface area (Å²) >= 11 is 0. The quantitative estimate of drug-likeness (QED) is 0.491. The van der Waals surface area contributed by atoms with E-state index in [0.29, 0.717) is 24.0 Å². The van der Waals surface area contributed by atoms with Crippen LogP contribution >= 0.6 is 0 Å². The van der Waals surface area contributed by atoms with E-state index < -0.39 is 5.91 Å². The average Bonchev–Trinajstić information content (AvgIpc) is 2.82. The molecule has 1 aliphatic carbocycles. The molecule has 1 aromatic carbocycles. The lowest BCUT2D eigenvalue weighted by Gasteiger charge is -2.30. The van der Waals surface area contributed by atoms with E-state index in [1.807, 2.05) is 13.0 Å². The zero-order valence-corrected chi connectivity index (χ0v) is 20.6. The van der Waals surface area contributed by atoms with Gasteiger partial charge in [0.25, 0.3) is 5.91 Å². The number of carbonyl (C=O) groups is 1. The molecule has 0 spiro atoms. The van der Waals surface area contributed by atoms with Crippen molar-refractivity contribution in [3.8, 4) is 0 Å². The molecule has 184 valence electrons. The van der Waals surface area contributed by atoms with Gasteiger partial charge in [-0.05, 0) is 101 Å². The lowest BCUT2D eigenvalue weighted by Crippen LogP contribution is -2.29. The number of nitrogens with zero attached hydrogens (tertiary/aromatic N) is 3. The number of aromatic nitrogens is 2. The second-order valence-electron chi connectivity index (χ2n) is 9.86. The molecule has 1 saturated heterocycles. The number of likely N-dealkylation sites (tertiary alicyclic amines) is 1. The van der Waals surface area contributed by atoms with Crippen LogP contribution in [0, 0.1) is 6.92 Å². The third kappa shape index (κ3) is 5.67.